The second-order valence-electron chi connectivity index (χ2n) is 16.8. The van der Waals surface area contributed by atoms with E-state index in [1.165, 1.54) is 30.2 Å². The number of allylic oxidation sites excluding steroid dienone is 4. The van der Waals surface area contributed by atoms with Crippen LogP contribution in [-0.2, 0) is 13.6 Å². The molecule has 0 aromatic rings. The van der Waals surface area contributed by atoms with Crippen LogP contribution in [0.5, 0.6) is 0 Å². The number of carbonyl (C=O) groups excluding carboxylic acids is 1. The number of carbonyl (C=O) groups is 1. The van der Waals surface area contributed by atoms with Crippen LogP contribution in [-0.4, -0.2) is 39.7 Å². The molecule has 6 heteroatoms. The molecule has 4 rings (SSSR count). The summed E-state index contributed by atoms with van der Waals surface area (Å²) in [5.41, 5.74) is 4.88. The van der Waals surface area contributed by atoms with Gasteiger partial charge < -0.3 is 8.85 Å². The summed E-state index contributed by atoms with van der Waals surface area (Å²) in [5.74, 6) is 1.91. The van der Waals surface area contributed by atoms with E-state index in [1.807, 2.05) is 0 Å². The minimum Gasteiger partial charge on any atom is -0.414 e. The first-order chi connectivity index (χ1) is 18.1. The molecular weight excluding hydrogens is 545 g/mol. The van der Waals surface area contributed by atoms with E-state index in [-0.39, 0.29) is 38.2 Å². The maximum atomic E-state index is 11.8. The van der Waals surface area contributed by atoms with Crippen molar-refractivity contribution in [2.75, 3.05) is 5.75 Å². The van der Waals surface area contributed by atoms with E-state index in [4.69, 9.17) is 8.85 Å². The standard InChI is InChI=1S/C34H58O3SSi2/c1-23(35)38-22-25-15-17-28-27-16-14-24-20-26(36-39(10,11)31(2,3)4)21-30(37-40(12,13)32(5,6)7)34(24,9)29(27)18-19-33(25,28)8/h14-16,26,28-30H,17-22H2,1-13H3/t26-,28?,29?,30+,33-,34+/m1/s1. The van der Waals surface area contributed by atoms with Crippen LogP contribution < -0.4 is 0 Å². The van der Waals surface area contributed by atoms with Crippen LogP contribution in [0.3, 0.4) is 0 Å². The topological polar surface area (TPSA) is 35.5 Å². The summed E-state index contributed by atoms with van der Waals surface area (Å²) in [6, 6.07) is 0. The van der Waals surface area contributed by atoms with Crippen molar-refractivity contribution in [3.63, 3.8) is 0 Å². The van der Waals surface area contributed by atoms with E-state index in [1.54, 1.807) is 18.1 Å². The summed E-state index contributed by atoms with van der Waals surface area (Å²) in [7, 11) is -3.91. The molecule has 0 amide bonds. The Morgan fingerprint density at radius 3 is 2.15 bits per heavy atom. The van der Waals surface area contributed by atoms with Gasteiger partial charge >= 0.3 is 0 Å². The maximum Gasteiger partial charge on any atom is 0.192 e. The zero-order chi connectivity index (χ0) is 30.1. The first-order valence-electron chi connectivity index (χ1n) is 15.7. The summed E-state index contributed by atoms with van der Waals surface area (Å²) in [5, 5.41) is 0.581. The fraction of sp³-hybridized carbons (Fsp3) is 0.794. The van der Waals surface area contributed by atoms with Crippen LogP contribution >= 0.6 is 11.8 Å². The van der Waals surface area contributed by atoms with Crippen molar-refractivity contribution in [1.82, 2.24) is 0 Å². The Bertz CT molecular complexity index is 1110. The zero-order valence-corrected chi connectivity index (χ0v) is 30.7. The molecule has 0 heterocycles. The monoisotopic (exact) mass is 602 g/mol. The molecule has 0 N–H and O–H groups in total. The minimum atomic E-state index is -2.01. The third kappa shape index (κ3) is 5.63. The molecule has 0 aromatic carbocycles. The number of thioether (sulfide) groups is 1. The Hall–Kier alpha value is -0.406. The van der Waals surface area contributed by atoms with Crippen LogP contribution in [0, 0.1) is 22.7 Å². The van der Waals surface area contributed by atoms with Crippen molar-refractivity contribution in [2.24, 2.45) is 22.7 Å². The van der Waals surface area contributed by atoms with Gasteiger partial charge in [0.05, 0.1) is 12.2 Å². The van der Waals surface area contributed by atoms with Gasteiger partial charge in [-0.1, -0.05) is 102 Å². The van der Waals surface area contributed by atoms with Crippen LogP contribution in [0.4, 0.5) is 0 Å². The van der Waals surface area contributed by atoms with E-state index in [9.17, 15) is 4.79 Å². The average molecular weight is 603 g/mol. The van der Waals surface area contributed by atoms with E-state index in [0.29, 0.717) is 11.8 Å². The smallest absolute Gasteiger partial charge is 0.192 e. The fourth-order valence-electron chi connectivity index (χ4n) is 7.47. The molecule has 0 spiro atoms. The number of hydrogen-bond donors (Lipinski definition) is 0. The molecule has 4 aliphatic rings. The lowest BCUT2D eigenvalue weighted by molar-refractivity contribution is -0.109. The largest absolute Gasteiger partial charge is 0.414 e. The summed E-state index contributed by atoms with van der Waals surface area (Å²) in [4.78, 5) is 11.8. The Kier molecular flexibility index (Phi) is 8.65. The molecular formula is C34H58O3SSi2. The van der Waals surface area contributed by atoms with E-state index >= 15 is 0 Å². The van der Waals surface area contributed by atoms with Gasteiger partial charge in [0.15, 0.2) is 21.8 Å². The number of hydrogen-bond acceptors (Lipinski definition) is 4. The molecule has 2 unspecified atom stereocenters. The molecule has 0 aromatic heterocycles. The molecule has 0 radical (unpaired) electrons. The third-order valence-corrected chi connectivity index (χ3v) is 22.2. The van der Waals surface area contributed by atoms with Gasteiger partial charge in [0.25, 0.3) is 0 Å². The van der Waals surface area contributed by atoms with Gasteiger partial charge in [0.2, 0.25) is 0 Å². The van der Waals surface area contributed by atoms with E-state index < -0.39 is 16.6 Å². The molecule has 2 saturated carbocycles. The molecule has 0 saturated heterocycles. The van der Waals surface area contributed by atoms with E-state index in [0.717, 1.165) is 25.0 Å². The molecule has 226 valence electrons. The van der Waals surface area contributed by atoms with Gasteiger partial charge in [0.1, 0.15) is 0 Å². The third-order valence-electron chi connectivity index (χ3n) is 12.3. The molecule has 6 atom stereocenters. The lowest BCUT2D eigenvalue weighted by Crippen LogP contribution is -2.58. The van der Waals surface area contributed by atoms with Crippen LogP contribution in [0.2, 0.25) is 36.3 Å². The summed E-state index contributed by atoms with van der Waals surface area (Å²) in [6.45, 7) is 30.5. The quantitative estimate of drug-likeness (QED) is 0.224. The lowest BCUT2D eigenvalue weighted by atomic mass is 9.50. The molecule has 4 aliphatic carbocycles. The van der Waals surface area contributed by atoms with Crippen molar-refractivity contribution < 1.29 is 13.6 Å². The predicted molar refractivity (Wildman–Crippen MR) is 178 cm³/mol. The fourth-order valence-corrected chi connectivity index (χ4v) is 11.0. The Morgan fingerprint density at radius 1 is 0.975 bits per heavy atom. The zero-order valence-electron chi connectivity index (χ0n) is 27.9. The lowest BCUT2D eigenvalue weighted by Gasteiger charge is -2.59. The molecule has 0 aliphatic heterocycles. The SMILES string of the molecule is CC(=O)SCC1=CCC2C3=CC=C4C[C@@H](O[Si](C)(C)C(C)(C)C)C[C@H](O[Si](C)(C)C(C)(C)C)[C@]4(C)C3CC[C@]12C. The first-order valence-corrected chi connectivity index (χ1v) is 22.5. The summed E-state index contributed by atoms with van der Waals surface area (Å²) < 4.78 is 14.6. The first kappa shape index (κ1) is 32.5. The highest BCUT2D eigenvalue weighted by Gasteiger charge is 2.59. The summed E-state index contributed by atoms with van der Waals surface area (Å²) in [6.07, 6.45) is 13.4. The number of rotatable bonds is 6. The highest BCUT2D eigenvalue weighted by Crippen LogP contribution is 2.65. The molecule has 2 fully saturated rings. The van der Waals surface area contributed by atoms with Crippen molar-refractivity contribution in [3.05, 3.63) is 34.9 Å². The highest BCUT2D eigenvalue weighted by atomic mass is 32.2. The van der Waals surface area contributed by atoms with Gasteiger partial charge in [-0.3, -0.25) is 4.79 Å². The van der Waals surface area contributed by atoms with Crippen molar-refractivity contribution >= 4 is 33.5 Å². The van der Waals surface area contributed by atoms with E-state index in [2.05, 4.69) is 99.8 Å². The molecule has 40 heavy (non-hydrogen) atoms. The normalized spacial score (nSPS) is 34.8. The Labute approximate surface area is 252 Å². The van der Waals surface area contributed by atoms with Crippen molar-refractivity contribution in [2.45, 2.75) is 143 Å². The highest BCUT2D eigenvalue weighted by molar-refractivity contribution is 8.13. The van der Waals surface area contributed by atoms with Gasteiger partial charge in [-0.25, -0.2) is 0 Å². The van der Waals surface area contributed by atoms with Crippen LogP contribution in [0.25, 0.3) is 0 Å². The predicted octanol–water partition coefficient (Wildman–Crippen LogP) is 10.1. The van der Waals surface area contributed by atoms with Gasteiger partial charge in [-0.15, -0.1) is 0 Å². The molecule has 3 nitrogen and oxygen atoms in total. The summed E-state index contributed by atoms with van der Waals surface area (Å²) >= 11 is 1.48. The Balaban J connectivity index is 1.71. The van der Waals surface area contributed by atoms with Gasteiger partial charge in [-0.05, 0) is 85.6 Å². The second kappa shape index (κ2) is 10.6. The number of fused-ring (bicyclic) bond motifs is 5. The van der Waals surface area contributed by atoms with Gasteiger partial charge in [0, 0.05) is 18.1 Å². The van der Waals surface area contributed by atoms with Crippen molar-refractivity contribution in [1.29, 1.82) is 0 Å². The van der Waals surface area contributed by atoms with Gasteiger partial charge in [-0.2, -0.15) is 0 Å². The van der Waals surface area contributed by atoms with Crippen molar-refractivity contribution in [3.8, 4) is 0 Å². The Morgan fingerprint density at radius 2 is 1.57 bits per heavy atom. The van der Waals surface area contributed by atoms with Crippen LogP contribution in [0.15, 0.2) is 34.9 Å². The minimum absolute atomic E-state index is 0.00507. The maximum absolute atomic E-state index is 11.8. The average Bonchev–Trinajstić information content (AvgIpc) is 3.13. The second-order valence-corrected chi connectivity index (χ2v) is 27.4. The molecule has 0 bridgehead atoms. The van der Waals surface area contributed by atoms with Crippen LogP contribution in [0.1, 0.15) is 94.4 Å².